The molecule has 1 aromatic carbocycles. The standard InChI is InChI=1S/C17H18FN3O3/c18-11-4-2-10(3-5-11)17(8-1-9-17)16-20-15(24-21-16)13-7-6-12(23-13)14(19)22/h2-5,12-13H,1,6-9H2,(H2,19,22)/t12-,13+/m0/s1. The minimum absolute atomic E-state index is 0.265. The van der Waals surface area contributed by atoms with Crippen molar-refractivity contribution >= 4 is 5.91 Å². The lowest BCUT2D eigenvalue weighted by atomic mass is 9.64. The van der Waals surface area contributed by atoms with Gasteiger partial charge in [-0.2, -0.15) is 4.98 Å². The van der Waals surface area contributed by atoms with Gasteiger partial charge in [0.1, 0.15) is 18.0 Å². The number of halogens is 1. The summed E-state index contributed by atoms with van der Waals surface area (Å²) >= 11 is 0. The average Bonchev–Trinajstić information content (AvgIpc) is 3.17. The summed E-state index contributed by atoms with van der Waals surface area (Å²) in [5.41, 5.74) is 5.94. The van der Waals surface area contributed by atoms with Crippen LogP contribution < -0.4 is 5.73 Å². The van der Waals surface area contributed by atoms with E-state index < -0.39 is 18.1 Å². The molecule has 24 heavy (non-hydrogen) atoms. The van der Waals surface area contributed by atoms with Gasteiger partial charge in [-0.05, 0) is 43.4 Å². The third kappa shape index (κ3) is 2.39. The van der Waals surface area contributed by atoms with Crippen molar-refractivity contribution in [2.75, 3.05) is 0 Å². The smallest absolute Gasteiger partial charge is 0.255 e. The van der Waals surface area contributed by atoms with Gasteiger partial charge in [0.15, 0.2) is 5.82 Å². The number of benzene rings is 1. The van der Waals surface area contributed by atoms with Crippen molar-refractivity contribution in [3.05, 3.63) is 47.4 Å². The highest BCUT2D eigenvalue weighted by atomic mass is 19.1. The number of rotatable bonds is 4. The fraction of sp³-hybridized carbons (Fsp3) is 0.471. The number of carbonyl (C=O) groups is 1. The van der Waals surface area contributed by atoms with Gasteiger partial charge < -0.3 is 15.0 Å². The van der Waals surface area contributed by atoms with E-state index in [-0.39, 0.29) is 11.2 Å². The van der Waals surface area contributed by atoms with Gasteiger partial charge in [-0.3, -0.25) is 4.79 Å². The van der Waals surface area contributed by atoms with E-state index in [1.54, 1.807) is 12.1 Å². The summed E-state index contributed by atoms with van der Waals surface area (Å²) < 4.78 is 24.2. The molecule has 0 bridgehead atoms. The molecule has 126 valence electrons. The lowest BCUT2D eigenvalue weighted by molar-refractivity contribution is -0.129. The van der Waals surface area contributed by atoms with Crippen LogP contribution in [0.4, 0.5) is 4.39 Å². The van der Waals surface area contributed by atoms with Crippen LogP contribution in [0.3, 0.4) is 0 Å². The number of hydrogen-bond acceptors (Lipinski definition) is 5. The normalized spacial score (nSPS) is 25.4. The number of nitrogens with zero attached hydrogens (tertiary/aromatic N) is 2. The zero-order chi connectivity index (χ0) is 16.7. The summed E-state index contributed by atoms with van der Waals surface area (Å²) in [6.45, 7) is 0. The van der Waals surface area contributed by atoms with E-state index in [9.17, 15) is 9.18 Å². The van der Waals surface area contributed by atoms with Crippen molar-refractivity contribution in [3.63, 3.8) is 0 Å². The number of nitrogens with two attached hydrogens (primary N) is 1. The highest BCUT2D eigenvalue weighted by Gasteiger charge is 2.45. The molecule has 0 unspecified atom stereocenters. The SMILES string of the molecule is NC(=O)[C@@H]1CC[C@H](c2nc(C3(c4ccc(F)cc4)CCC3)no2)O1. The van der Waals surface area contributed by atoms with E-state index in [0.717, 1.165) is 24.8 Å². The molecule has 2 fully saturated rings. The van der Waals surface area contributed by atoms with Crippen molar-refractivity contribution in [2.24, 2.45) is 5.73 Å². The van der Waals surface area contributed by atoms with Gasteiger partial charge in [0.2, 0.25) is 5.91 Å². The van der Waals surface area contributed by atoms with Gasteiger partial charge in [-0.25, -0.2) is 4.39 Å². The van der Waals surface area contributed by atoms with Gasteiger partial charge >= 0.3 is 0 Å². The zero-order valence-electron chi connectivity index (χ0n) is 13.1. The van der Waals surface area contributed by atoms with E-state index in [1.807, 2.05) is 0 Å². The summed E-state index contributed by atoms with van der Waals surface area (Å²) in [6, 6.07) is 6.46. The Morgan fingerprint density at radius 1 is 1.25 bits per heavy atom. The maximum absolute atomic E-state index is 13.2. The number of amides is 1. The highest BCUT2D eigenvalue weighted by molar-refractivity contribution is 5.79. The third-order valence-corrected chi connectivity index (χ3v) is 5.09. The van der Waals surface area contributed by atoms with Crippen LogP contribution in [-0.2, 0) is 14.9 Å². The molecule has 1 aliphatic carbocycles. The van der Waals surface area contributed by atoms with E-state index >= 15 is 0 Å². The first-order valence-corrected chi connectivity index (χ1v) is 8.13. The molecular formula is C17H18FN3O3. The summed E-state index contributed by atoms with van der Waals surface area (Å²) in [5.74, 6) is 0.238. The maximum atomic E-state index is 13.2. The fourth-order valence-corrected chi connectivity index (χ4v) is 3.53. The van der Waals surface area contributed by atoms with Crippen LogP contribution in [0.2, 0.25) is 0 Å². The summed E-state index contributed by atoms with van der Waals surface area (Å²) in [6.07, 6.45) is 3.04. The molecule has 0 spiro atoms. The largest absolute Gasteiger partial charge is 0.367 e. The molecule has 0 radical (unpaired) electrons. The Bertz CT molecular complexity index is 755. The molecule has 7 heteroatoms. The summed E-state index contributed by atoms with van der Waals surface area (Å²) in [7, 11) is 0. The predicted octanol–water partition coefficient (Wildman–Crippen LogP) is 2.38. The average molecular weight is 331 g/mol. The molecule has 2 heterocycles. The van der Waals surface area contributed by atoms with Crippen molar-refractivity contribution < 1.29 is 18.4 Å². The molecule has 2 N–H and O–H groups in total. The van der Waals surface area contributed by atoms with Crippen LogP contribution in [0.1, 0.15) is 55.5 Å². The van der Waals surface area contributed by atoms with E-state index in [2.05, 4.69) is 10.1 Å². The van der Waals surface area contributed by atoms with Crippen molar-refractivity contribution in [3.8, 4) is 0 Å². The third-order valence-electron chi connectivity index (χ3n) is 5.09. The van der Waals surface area contributed by atoms with Gasteiger partial charge in [-0.1, -0.05) is 23.7 Å². The van der Waals surface area contributed by atoms with E-state index in [4.69, 9.17) is 15.0 Å². The molecular weight excluding hydrogens is 313 g/mol. The molecule has 2 aromatic rings. The fourth-order valence-electron chi connectivity index (χ4n) is 3.53. The van der Waals surface area contributed by atoms with Crippen molar-refractivity contribution in [2.45, 2.75) is 49.7 Å². The second-order valence-corrected chi connectivity index (χ2v) is 6.49. The maximum Gasteiger partial charge on any atom is 0.255 e. The van der Waals surface area contributed by atoms with Crippen LogP contribution in [0.5, 0.6) is 0 Å². The second kappa shape index (κ2) is 5.66. The van der Waals surface area contributed by atoms with Gasteiger partial charge in [-0.15, -0.1) is 0 Å². The second-order valence-electron chi connectivity index (χ2n) is 6.49. The minimum Gasteiger partial charge on any atom is -0.367 e. The molecule has 1 aromatic heterocycles. The Hall–Kier alpha value is -2.28. The lowest BCUT2D eigenvalue weighted by Crippen LogP contribution is -2.36. The van der Waals surface area contributed by atoms with E-state index in [0.29, 0.717) is 24.6 Å². The molecule has 1 aliphatic heterocycles. The summed E-state index contributed by atoms with van der Waals surface area (Å²) in [5, 5.41) is 4.15. The van der Waals surface area contributed by atoms with Gasteiger partial charge in [0.05, 0.1) is 5.41 Å². The number of carbonyl (C=O) groups excluding carboxylic acids is 1. The zero-order valence-corrected chi connectivity index (χ0v) is 13.1. The van der Waals surface area contributed by atoms with Crippen LogP contribution in [-0.4, -0.2) is 22.2 Å². The van der Waals surface area contributed by atoms with Crippen molar-refractivity contribution in [1.29, 1.82) is 0 Å². The Labute approximate surface area is 138 Å². The van der Waals surface area contributed by atoms with Crippen LogP contribution >= 0.6 is 0 Å². The van der Waals surface area contributed by atoms with Crippen molar-refractivity contribution in [1.82, 2.24) is 10.1 Å². The highest BCUT2D eigenvalue weighted by Crippen LogP contribution is 2.48. The Kier molecular flexibility index (Phi) is 3.60. The first kappa shape index (κ1) is 15.3. The van der Waals surface area contributed by atoms with Gasteiger partial charge in [0.25, 0.3) is 5.89 Å². The van der Waals surface area contributed by atoms with Crippen LogP contribution in [0.15, 0.2) is 28.8 Å². The van der Waals surface area contributed by atoms with E-state index in [1.165, 1.54) is 12.1 Å². The number of primary amides is 1. The topological polar surface area (TPSA) is 91.2 Å². The number of aromatic nitrogens is 2. The quantitative estimate of drug-likeness (QED) is 0.929. The molecule has 2 atom stereocenters. The van der Waals surface area contributed by atoms with Crippen LogP contribution in [0.25, 0.3) is 0 Å². The monoisotopic (exact) mass is 331 g/mol. The minimum atomic E-state index is -0.597. The summed E-state index contributed by atoms with van der Waals surface area (Å²) in [4.78, 5) is 15.7. The molecule has 4 rings (SSSR count). The Balaban J connectivity index is 1.59. The Morgan fingerprint density at radius 3 is 2.58 bits per heavy atom. The van der Waals surface area contributed by atoms with Gasteiger partial charge in [0, 0.05) is 0 Å². The molecule has 2 aliphatic rings. The first-order valence-electron chi connectivity index (χ1n) is 8.13. The lowest BCUT2D eigenvalue weighted by Gasteiger charge is -2.39. The molecule has 6 nitrogen and oxygen atoms in total. The predicted molar refractivity (Wildman–Crippen MR) is 81.4 cm³/mol. The Morgan fingerprint density at radius 2 is 2.00 bits per heavy atom. The number of hydrogen-bond donors (Lipinski definition) is 1. The molecule has 1 saturated carbocycles. The molecule has 1 amide bonds. The number of ether oxygens (including phenoxy) is 1. The van der Waals surface area contributed by atoms with Crippen LogP contribution in [0, 0.1) is 5.82 Å². The first-order chi connectivity index (χ1) is 11.6. The molecule has 1 saturated heterocycles.